The van der Waals surface area contributed by atoms with Gasteiger partial charge < -0.3 is 10.1 Å². The Balaban J connectivity index is 0.000000252. The van der Waals surface area contributed by atoms with Gasteiger partial charge in [0.05, 0.1) is 0 Å². The number of carboxylic acid groups (broad SMARTS) is 1. The zero-order valence-electron chi connectivity index (χ0n) is 12.1. The number of hydrogen-bond donors (Lipinski definition) is 1. The van der Waals surface area contributed by atoms with Gasteiger partial charge in [0, 0.05) is 44.1 Å². The van der Waals surface area contributed by atoms with Crippen molar-refractivity contribution in [3.05, 3.63) is 84.3 Å². The molecule has 2 heterocycles. The van der Waals surface area contributed by atoms with Gasteiger partial charge in [-0.15, -0.1) is 12.1 Å². The molecular weight excluding hydrogens is 494 g/mol. The van der Waals surface area contributed by atoms with Crippen LogP contribution in [-0.4, -0.2) is 21.0 Å². The Morgan fingerprint density at radius 3 is 2.17 bits per heavy atom. The van der Waals surface area contributed by atoms with E-state index in [4.69, 9.17) is 5.11 Å². The van der Waals surface area contributed by atoms with E-state index in [2.05, 4.69) is 16.0 Å². The van der Waals surface area contributed by atoms with Crippen LogP contribution in [0.3, 0.4) is 0 Å². The molecule has 7 heteroatoms. The molecular formula is C17H11F2IrN2O2-. The van der Waals surface area contributed by atoms with E-state index in [1.807, 2.05) is 0 Å². The summed E-state index contributed by atoms with van der Waals surface area (Å²) < 4.78 is 25.8. The van der Waals surface area contributed by atoms with E-state index in [1.54, 1.807) is 36.5 Å². The molecule has 0 saturated carbocycles. The molecule has 4 nitrogen and oxygen atoms in total. The summed E-state index contributed by atoms with van der Waals surface area (Å²) in [6.07, 6.45) is 3.00. The fraction of sp³-hybridized carbons (Fsp3) is 0. The predicted octanol–water partition coefficient (Wildman–Crippen LogP) is 3.60. The van der Waals surface area contributed by atoms with E-state index in [1.165, 1.54) is 12.3 Å². The number of hydrogen-bond acceptors (Lipinski definition) is 3. The first-order chi connectivity index (χ1) is 11.1. The largest absolute Gasteiger partial charge is 0.477 e. The number of nitrogens with zero attached hydrogens (tertiary/aromatic N) is 2. The number of carbonyl (C=O) groups is 1. The van der Waals surface area contributed by atoms with Crippen molar-refractivity contribution in [2.24, 2.45) is 0 Å². The molecule has 0 aliphatic rings. The molecule has 0 aliphatic carbocycles. The van der Waals surface area contributed by atoms with Crippen LogP contribution in [0, 0.1) is 17.7 Å². The maximum atomic E-state index is 13.2. The molecule has 0 saturated heterocycles. The van der Waals surface area contributed by atoms with Gasteiger partial charge in [0.2, 0.25) is 0 Å². The van der Waals surface area contributed by atoms with E-state index in [0.29, 0.717) is 5.69 Å². The molecule has 0 aliphatic heterocycles. The number of rotatable bonds is 2. The van der Waals surface area contributed by atoms with Crippen molar-refractivity contribution >= 4 is 5.97 Å². The third-order valence-electron chi connectivity index (χ3n) is 2.66. The molecule has 0 atom stereocenters. The molecule has 0 fully saturated rings. The average Bonchev–Trinajstić information content (AvgIpc) is 2.57. The van der Waals surface area contributed by atoms with Gasteiger partial charge in [-0.05, 0) is 23.9 Å². The maximum Gasteiger partial charge on any atom is 0.354 e. The third-order valence-corrected chi connectivity index (χ3v) is 2.66. The molecule has 1 radical (unpaired) electrons. The Kier molecular flexibility index (Phi) is 7.82. The average molecular weight is 506 g/mol. The first-order valence-electron chi connectivity index (χ1n) is 6.50. The fourth-order valence-electron chi connectivity index (χ4n) is 1.64. The second kappa shape index (κ2) is 9.60. The third kappa shape index (κ3) is 5.61. The molecule has 0 unspecified atom stereocenters. The second-order valence-corrected chi connectivity index (χ2v) is 4.28. The summed E-state index contributed by atoms with van der Waals surface area (Å²) in [7, 11) is 0. The molecule has 2 aromatic heterocycles. The van der Waals surface area contributed by atoms with Crippen LogP contribution in [0.15, 0.2) is 60.9 Å². The van der Waals surface area contributed by atoms with Crippen LogP contribution < -0.4 is 0 Å². The van der Waals surface area contributed by atoms with Crippen molar-refractivity contribution < 1.29 is 38.8 Å². The van der Waals surface area contributed by atoms with Crippen molar-refractivity contribution in [3.63, 3.8) is 0 Å². The molecule has 125 valence electrons. The van der Waals surface area contributed by atoms with Gasteiger partial charge >= 0.3 is 5.97 Å². The van der Waals surface area contributed by atoms with Gasteiger partial charge in [0.15, 0.2) is 0 Å². The Morgan fingerprint density at radius 2 is 1.71 bits per heavy atom. The molecule has 0 bridgehead atoms. The van der Waals surface area contributed by atoms with Crippen LogP contribution in [0.1, 0.15) is 10.5 Å². The van der Waals surface area contributed by atoms with Gasteiger partial charge in [-0.3, -0.25) is 8.78 Å². The first kappa shape index (κ1) is 19.5. The Hall–Kier alpha value is -2.50. The number of pyridine rings is 2. The normalized spacial score (nSPS) is 9.25. The van der Waals surface area contributed by atoms with Crippen molar-refractivity contribution in [2.75, 3.05) is 0 Å². The molecule has 1 N–H and O–H groups in total. The van der Waals surface area contributed by atoms with Crippen LogP contribution in [0.25, 0.3) is 11.3 Å². The number of benzene rings is 1. The standard InChI is InChI=1S/C11H6F2N.C6H5NO2.Ir/c12-8-4-5-9(10(13)7-8)11-3-1-2-6-14-11;8-6(9)5-3-1-2-4-7-5;/h1-4,6-7H;1-4H,(H,8,9);/q-1;;. The molecule has 3 rings (SSSR count). The van der Waals surface area contributed by atoms with Crippen molar-refractivity contribution in [3.8, 4) is 11.3 Å². The Labute approximate surface area is 150 Å². The number of carboxylic acids is 1. The zero-order valence-corrected chi connectivity index (χ0v) is 14.5. The molecule has 3 aromatic rings. The minimum absolute atomic E-state index is 0. The van der Waals surface area contributed by atoms with Gasteiger partial charge in [-0.2, -0.15) is 0 Å². The molecule has 0 spiro atoms. The van der Waals surface area contributed by atoms with Crippen molar-refractivity contribution in [2.45, 2.75) is 0 Å². The summed E-state index contributed by atoms with van der Waals surface area (Å²) in [4.78, 5) is 17.7. The minimum atomic E-state index is -0.990. The molecule has 24 heavy (non-hydrogen) atoms. The molecule has 0 amide bonds. The summed E-state index contributed by atoms with van der Waals surface area (Å²) in [5, 5.41) is 8.32. The van der Waals surface area contributed by atoms with Crippen LogP contribution in [0.2, 0.25) is 0 Å². The number of aromatic nitrogens is 2. The predicted molar refractivity (Wildman–Crippen MR) is 79.6 cm³/mol. The molecule has 1 aromatic carbocycles. The minimum Gasteiger partial charge on any atom is -0.477 e. The van der Waals surface area contributed by atoms with E-state index in [9.17, 15) is 13.6 Å². The van der Waals surface area contributed by atoms with Crippen LogP contribution >= 0.6 is 0 Å². The number of aromatic carboxylic acids is 1. The van der Waals surface area contributed by atoms with Gasteiger partial charge in [-0.1, -0.05) is 29.8 Å². The van der Waals surface area contributed by atoms with Crippen LogP contribution in [0.5, 0.6) is 0 Å². The summed E-state index contributed by atoms with van der Waals surface area (Å²) in [6.45, 7) is 0. The smallest absolute Gasteiger partial charge is 0.354 e. The summed E-state index contributed by atoms with van der Waals surface area (Å²) in [5.41, 5.74) is 0.717. The van der Waals surface area contributed by atoms with Gasteiger partial charge in [0.1, 0.15) is 5.69 Å². The Morgan fingerprint density at radius 1 is 1.04 bits per heavy atom. The SMILES string of the molecule is Fc1c[c-]c(-c2ccccn2)c(F)c1.O=C(O)c1ccccn1.[Ir]. The maximum absolute atomic E-state index is 13.2. The van der Waals surface area contributed by atoms with E-state index >= 15 is 0 Å². The Bertz CT molecular complexity index is 787. The van der Waals surface area contributed by atoms with Crippen LogP contribution in [0.4, 0.5) is 8.78 Å². The topological polar surface area (TPSA) is 63.1 Å². The zero-order chi connectivity index (χ0) is 16.7. The quantitative estimate of drug-likeness (QED) is 0.541. The van der Waals surface area contributed by atoms with E-state index in [-0.39, 0.29) is 31.4 Å². The van der Waals surface area contributed by atoms with Crippen LogP contribution in [-0.2, 0) is 20.1 Å². The van der Waals surface area contributed by atoms with E-state index < -0.39 is 17.6 Å². The summed E-state index contributed by atoms with van der Waals surface area (Å²) in [6, 6.07) is 14.3. The van der Waals surface area contributed by atoms with E-state index in [0.717, 1.165) is 12.1 Å². The van der Waals surface area contributed by atoms with Gasteiger partial charge in [-0.25, -0.2) is 9.78 Å². The first-order valence-corrected chi connectivity index (χ1v) is 6.50. The second-order valence-electron chi connectivity index (χ2n) is 4.28. The number of halogens is 2. The van der Waals surface area contributed by atoms with Crippen molar-refractivity contribution in [1.29, 1.82) is 0 Å². The van der Waals surface area contributed by atoms with Gasteiger partial charge in [0.25, 0.3) is 0 Å². The summed E-state index contributed by atoms with van der Waals surface area (Å²) >= 11 is 0. The fourth-order valence-corrected chi connectivity index (χ4v) is 1.64. The monoisotopic (exact) mass is 506 g/mol. The van der Waals surface area contributed by atoms with Crippen molar-refractivity contribution in [1.82, 2.24) is 9.97 Å². The summed E-state index contributed by atoms with van der Waals surface area (Å²) in [5.74, 6) is -2.28.